The molecule has 0 radical (unpaired) electrons. The minimum absolute atomic E-state index is 0.508. The number of benzene rings is 1. The highest BCUT2D eigenvalue weighted by Gasteiger charge is 2.05. The Hall–Kier alpha value is -3.36. The van der Waals surface area contributed by atoms with E-state index in [2.05, 4.69) is 68.3 Å². The maximum atomic E-state index is 5.43. The summed E-state index contributed by atoms with van der Waals surface area (Å²) in [4.78, 5) is 13.4. The number of thiocarbonyl (C=S) groups is 1. The van der Waals surface area contributed by atoms with E-state index in [-0.39, 0.29) is 0 Å². The van der Waals surface area contributed by atoms with Crippen LogP contribution in [0.25, 0.3) is 0 Å². The molecule has 0 unspecified atom stereocenters. The Morgan fingerprint density at radius 1 is 1.03 bits per heavy atom. The summed E-state index contributed by atoms with van der Waals surface area (Å²) >= 11 is 5.43. The smallest absolute Gasteiger partial charge is 0.227 e. The van der Waals surface area contributed by atoms with Crippen molar-refractivity contribution in [2.75, 3.05) is 18.4 Å². The molecule has 0 saturated carbocycles. The van der Waals surface area contributed by atoms with E-state index in [1.807, 2.05) is 24.5 Å². The van der Waals surface area contributed by atoms with E-state index in [1.54, 1.807) is 24.7 Å². The summed E-state index contributed by atoms with van der Waals surface area (Å²) in [7, 11) is 0. The fraction of sp³-hybridized carbons (Fsp3) is 0.217. The van der Waals surface area contributed by atoms with Gasteiger partial charge in [0.25, 0.3) is 0 Å². The summed E-state index contributed by atoms with van der Waals surface area (Å²) in [5, 5.41) is 12.9. The van der Waals surface area contributed by atoms with Gasteiger partial charge in [-0.15, -0.1) is 0 Å². The van der Waals surface area contributed by atoms with Crippen LogP contribution in [0.4, 0.5) is 11.6 Å². The summed E-state index contributed by atoms with van der Waals surface area (Å²) in [5.41, 5.74) is 5.14. The van der Waals surface area contributed by atoms with E-state index in [1.165, 1.54) is 16.7 Å². The molecule has 1 aromatic carbocycles. The molecule has 0 amide bonds. The first-order valence-corrected chi connectivity index (χ1v) is 10.5. The van der Waals surface area contributed by atoms with Crippen molar-refractivity contribution in [1.82, 2.24) is 30.9 Å². The normalized spacial score (nSPS) is 10.8. The Bertz CT molecular complexity index is 1000. The molecule has 0 bridgehead atoms. The molecule has 8 heteroatoms. The zero-order valence-electron chi connectivity index (χ0n) is 17.7. The van der Waals surface area contributed by atoms with Crippen molar-refractivity contribution in [2.45, 2.75) is 20.4 Å². The van der Waals surface area contributed by atoms with Crippen molar-refractivity contribution in [3.05, 3.63) is 89.8 Å². The number of aryl methyl sites for hydroxylation is 2. The molecule has 160 valence electrons. The van der Waals surface area contributed by atoms with Gasteiger partial charge in [-0.05, 0) is 54.8 Å². The van der Waals surface area contributed by atoms with Crippen molar-refractivity contribution in [3.63, 3.8) is 0 Å². The van der Waals surface area contributed by atoms with E-state index in [4.69, 9.17) is 12.2 Å². The van der Waals surface area contributed by atoms with Crippen LogP contribution in [0.15, 0.2) is 67.4 Å². The average Bonchev–Trinajstić information content (AvgIpc) is 2.75. The molecule has 0 aliphatic heterocycles. The van der Waals surface area contributed by atoms with Gasteiger partial charge in [-0.2, -0.15) is 0 Å². The van der Waals surface area contributed by atoms with Crippen LogP contribution in [0.2, 0.25) is 0 Å². The van der Waals surface area contributed by atoms with Crippen molar-refractivity contribution >= 4 is 28.8 Å². The van der Waals surface area contributed by atoms with E-state index in [0.717, 1.165) is 25.3 Å². The molecule has 2 aromatic heterocycles. The maximum Gasteiger partial charge on any atom is 0.227 e. The van der Waals surface area contributed by atoms with Gasteiger partial charge in [0.15, 0.2) is 0 Å². The highest BCUT2D eigenvalue weighted by Crippen LogP contribution is 2.17. The summed E-state index contributed by atoms with van der Waals surface area (Å²) in [5.74, 6) is 0.508. The Kier molecular flexibility index (Phi) is 8.45. The van der Waals surface area contributed by atoms with Crippen molar-refractivity contribution < 1.29 is 0 Å². The molecule has 7 nitrogen and oxygen atoms in total. The first-order valence-electron chi connectivity index (χ1n) is 10.1. The molecule has 2 heterocycles. The molecule has 3 rings (SSSR count). The number of nitrogens with one attached hydrogen (secondary N) is 4. The summed E-state index contributed by atoms with van der Waals surface area (Å²) < 4.78 is 0. The van der Waals surface area contributed by atoms with Crippen LogP contribution in [0.3, 0.4) is 0 Å². The monoisotopic (exact) mass is 433 g/mol. The van der Waals surface area contributed by atoms with Crippen LogP contribution >= 0.6 is 12.2 Å². The maximum absolute atomic E-state index is 5.43. The molecular weight excluding hydrogens is 406 g/mol. The zero-order chi connectivity index (χ0) is 21.9. The molecule has 0 aliphatic carbocycles. The fourth-order valence-electron chi connectivity index (χ4n) is 2.95. The van der Waals surface area contributed by atoms with Crippen molar-refractivity contribution in [3.8, 4) is 0 Å². The Balaban J connectivity index is 1.40. The molecular formula is C23H27N7S. The number of pyridine rings is 1. The topological polar surface area (TPSA) is 86.8 Å². The van der Waals surface area contributed by atoms with E-state index in [0.29, 0.717) is 16.6 Å². The summed E-state index contributed by atoms with van der Waals surface area (Å²) in [6, 6.07) is 12.0. The molecule has 0 fully saturated rings. The second-order valence-electron chi connectivity index (χ2n) is 7.07. The first kappa shape index (κ1) is 22.3. The molecule has 0 spiro atoms. The third kappa shape index (κ3) is 7.76. The molecule has 31 heavy (non-hydrogen) atoms. The van der Waals surface area contributed by atoms with Crippen LogP contribution < -0.4 is 21.3 Å². The van der Waals surface area contributed by atoms with Gasteiger partial charge in [0.05, 0.1) is 0 Å². The lowest BCUT2D eigenvalue weighted by molar-refractivity contribution is 0.661. The molecule has 0 atom stereocenters. The van der Waals surface area contributed by atoms with Gasteiger partial charge in [0, 0.05) is 56.3 Å². The molecule has 0 aliphatic rings. The second-order valence-corrected chi connectivity index (χ2v) is 7.47. The van der Waals surface area contributed by atoms with Gasteiger partial charge in [0.2, 0.25) is 5.95 Å². The lowest BCUT2D eigenvalue weighted by Gasteiger charge is -2.09. The van der Waals surface area contributed by atoms with Gasteiger partial charge in [-0.1, -0.05) is 24.4 Å². The van der Waals surface area contributed by atoms with Crippen molar-refractivity contribution in [1.29, 1.82) is 0 Å². The third-order valence-corrected chi connectivity index (χ3v) is 4.61. The van der Waals surface area contributed by atoms with Crippen molar-refractivity contribution in [2.24, 2.45) is 0 Å². The first-order chi connectivity index (χ1) is 15.1. The van der Waals surface area contributed by atoms with Crippen LogP contribution in [-0.4, -0.2) is 33.0 Å². The van der Waals surface area contributed by atoms with Gasteiger partial charge in [-0.3, -0.25) is 4.98 Å². The molecule has 3 aromatic rings. The Morgan fingerprint density at radius 3 is 2.65 bits per heavy atom. The fourth-order valence-corrected chi connectivity index (χ4v) is 3.13. The van der Waals surface area contributed by atoms with Crippen LogP contribution in [-0.2, 0) is 6.54 Å². The van der Waals surface area contributed by atoms with E-state index >= 15 is 0 Å². The third-order valence-electron chi connectivity index (χ3n) is 4.28. The van der Waals surface area contributed by atoms with E-state index < -0.39 is 0 Å². The lowest BCUT2D eigenvalue weighted by atomic mass is 10.1. The largest absolute Gasteiger partial charge is 0.388 e. The molecule has 4 N–H and O–H groups in total. The number of nitrogens with zero attached hydrogens (tertiary/aromatic N) is 3. The lowest BCUT2D eigenvalue weighted by Crippen LogP contribution is -2.25. The predicted octanol–water partition coefficient (Wildman–Crippen LogP) is 3.35. The summed E-state index contributed by atoms with van der Waals surface area (Å²) in [6.45, 7) is 6.55. The van der Waals surface area contributed by atoms with E-state index in [9.17, 15) is 0 Å². The number of hydrogen-bond acceptors (Lipinski definition) is 7. The zero-order valence-corrected chi connectivity index (χ0v) is 18.5. The minimum atomic E-state index is 0.508. The number of rotatable bonds is 10. The Labute approximate surface area is 188 Å². The molecule has 0 saturated heterocycles. The van der Waals surface area contributed by atoms with Gasteiger partial charge < -0.3 is 21.3 Å². The second kappa shape index (κ2) is 11.7. The summed E-state index contributed by atoms with van der Waals surface area (Å²) in [6.07, 6.45) is 8.92. The number of hydrogen-bond donors (Lipinski definition) is 4. The predicted molar refractivity (Wildman–Crippen MR) is 129 cm³/mol. The van der Waals surface area contributed by atoms with Crippen LogP contribution in [0.5, 0.6) is 0 Å². The Morgan fingerprint density at radius 2 is 1.87 bits per heavy atom. The average molecular weight is 434 g/mol. The van der Waals surface area contributed by atoms with Gasteiger partial charge in [-0.25, -0.2) is 9.97 Å². The van der Waals surface area contributed by atoms with Gasteiger partial charge in [0.1, 0.15) is 10.7 Å². The highest BCUT2D eigenvalue weighted by molar-refractivity contribution is 7.80. The van der Waals surface area contributed by atoms with Crippen LogP contribution in [0.1, 0.15) is 22.4 Å². The number of anilines is 2. The minimum Gasteiger partial charge on any atom is -0.388 e. The quantitative estimate of drug-likeness (QED) is 0.286. The SMILES string of the molecule is Cc1cc(C)cc(Nc2nccc(C(=S)N/C=C/NCCNCc3cccnc3)n2)c1. The van der Waals surface area contributed by atoms with Gasteiger partial charge >= 0.3 is 0 Å². The highest BCUT2D eigenvalue weighted by atomic mass is 32.1. The standard InChI is InChI=1S/C23H27N7S/c1-17-12-18(2)14-20(13-17)29-23-28-7-5-21(30-23)22(31)27-11-10-24-8-9-26-16-19-4-3-6-25-15-19/h3-7,10-15,24,26H,8-9,16H2,1-2H3,(H,27,31)(H,28,29,30)/b11-10+. The number of aromatic nitrogens is 3. The van der Waals surface area contributed by atoms with Crippen LogP contribution in [0, 0.1) is 13.8 Å².